The Hall–Kier alpha value is -1.85. The van der Waals surface area contributed by atoms with E-state index in [-0.39, 0.29) is 17.6 Å². The zero-order valence-corrected chi connectivity index (χ0v) is 10.8. The number of likely N-dealkylation sites (tertiary alicyclic amines) is 1. The van der Waals surface area contributed by atoms with Crippen LogP contribution in [0.15, 0.2) is 17.1 Å². The third kappa shape index (κ3) is 2.88. The van der Waals surface area contributed by atoms with E-state index in [1.807, 2.05) is 20.8 Å². The van der Waals surface area contributed by atoms with Crippen molar-refractivity contribution in [3.63, 3.8) is 0 Å². The van der Waals surface area contributed by atoms with Gasteiger partial charge in [-0.1, -0.05) is 0 Å². The van der Waals surface area contributed by atoms with Crippen molar-refractivity contribution < 1.29 is 9.53 Å². The fourth-order valence-corrected chi connectivity index (χ4v) is 1.72. The molecule has 0 bridgehead atoms. The van der Waals surface area contributed by atoms with E-state index in [4.69, 9.17) is 4.74 Å². The lowest BCUT2D eigenvalue weighted by molar-refractivity contribution is 0.00750. The SMILES string of the molecule is CC(C)(C)OC(=O)N1CC(c2nccc(=O)[nH]2)C1. The number of hydrogen-bond donors (Lipinski definition) is 1. The molecular weight excluding hydrogens is 234 g/mol. The van der Waals surface area contributed by atoms with Crippen LogP contribution in [0, 0.1) is 0 Å². The fraction of sp³-hybridized carbons (Fsp3) is 0.583. The summed E-state index contributed by atoms with van der Waals surface area (Å²) in [6.07, 6.45) is 1.15. The highest BCUT2D eigenvalue weighted by atomic mass is 16.6. The monoisotopic (exact) mass is 251 g/mol. The zero-order chi connectivity index (χ0) is 13.3. The van der Waals surface area contributed by atoms with Crippen molar-refractivity contribution in [2.75, 3.05) is 13.1 Å². The Morgan fingerprint density at radius 3 is 2.72 bits per heavy atom. The molecule has 1 aliphatic heterocycles. The van der Waals surface area contributed by atoms with Crippen LogP contribution in [0.3, 0.4) is 0 Å². The lowest BCUT2D eigenvalue weighted by Crippen LogP contribution is -2.50. The smallest absolute Gasteiger partial charge is 0.410 e. The van der Waals surface area contributed by atoms with Crippen LogP contribution >= 0.6 is 0 Å². The van der Waals surface area contributed by atoms with Crippen LogP contribution in [0.1, 0.15) is 32.5 Å². The van der Waals surface area contributed by atoms with Gasteiger partial charge in [-0.15, -0.1) is 0 Å². The summed E-state index contributed by atoms with van der Waals surface area (Å²) < 4.78 is 5.24. The Morgan fingerprint density at radius 1 is 1.50 bits per heavy atom. The highest BCUT2D eigenvalue weighted by Crippen LogP contribution is 2.25. The second-order valence-corrected chi connectivity index (χ2v) is 5.40. The standard InChI is InChI=1S/C12H17N3O3/c1-12(2,3)18-11(17)15-6-8(7-15)10-13-5-4-9(16)14-10/h4-5,8H,6-7H2,1-3H3,(H,13,14,16). The van der Waals surface area contributed by atoms with E-state index in [0.29, 0.717) is 18.9 Å². The summed E-state index contributed by atoms with van der Waals surface area (Å²) in [6, 6.07) is 1.37. The maximum atomic E-state index is 11.7. The summed E-state index contributed by atoms with van der Waals surface area (Å²) in [4.78, 5) is 31.2. The molecule has 1 saturated heterocycles. The van der Waals surface area contributed by atoms with Gasteiger partial charge in [0.15, 0.2) is 0 Å². The van der Waals surface area contributed by atoms with Gasteiger partial charge in [0.25, 0.3) is 5.56 Å². The third-order valence-electron chi connectivity index (χ3n) is 2.61. The number of carbonyl (C=O) groups excluding carboxylic acids is 1. The Balaban J connectivity index is 1.91. The van der Waals surface area contributed by atoms with Gasteiger partial charge < -0.3 is 14.6 Å². The topological polar surface area (TPSA) is 75.3 Å². The maximum Gasteiger partial charge on any atom is 0.410 e. The molecule has 6 heteroatoms. The number of aromatic nitrogens is 2. The Morgan fingerprint density at radius 2 is 2.17 bits per heavy atom. The first-order chi connectivity index (χ1) is 8.35. The molecule has 2 heterocycles. The van der Waals surface area contributed by atoms with Crippen molar-refractivity contribution in [3.05, 3.63) is 28.4 Å². The summed E-state index contributed by atoms with van der Waals surface area (Å²) in [5.41, 5.74) is -0.655. The molecule has 0 aliphatic carbocycles. The molecule has 0 saturated carbocycles. The van der Waals surface area contributed by atoms with Gasteiger partial charge in [-0.3, -0.25) is 4.79 Å². The van der Waals surface area contributed by atoms with Gasteiger partial charge in [0.2, 0.25) is 0 Å². The van der Waals surface area contributed by atoms with Crippen LogP contribution in [0.25, 0.3) is 0 Å². The highest BCUT2D eigenvalue weighted by molar-refractivity contribution is 5.69. The quantitative estimate of drug-likeness (QED) is 0.811. The number of H-pyrrole nitrogens is 1. The molecule has 2 rings (SSSR count). The van der Waals surface area contributed by atoms with Gasteiger partial charge in [-0.05, 0) is 20.8 Å². The minimum atomic E-state index is -0.485. The van der Waals surface area contributed by atoms with Gasteiger partial charge in [0.05, 0.1) is 5.92 Å². The third-order valence-corrected chi connectivity index (χ3v) is 2.61. The molecule has 0 aromatic carbocycles. The van der Waals surface area contributed by atoms with Crippen LogP contribution in [0.2, 0.25) is 0 Å². The number of carbonyl (C=O) groups is 1. The second-order valence-electron chi connectivity index (χ2n) is 5.40. The van der Waals surface area contributed by atoms with Crippen LogP contribution < -0.4 is 5.56 Å². The second kappa shape index (κ2) is 4.44. The van der Waals surface area contributed by atoms with Crippen LogP contribution in [0.4, 0.5) is 4.79 Å². The average Bonchev–Trinajstić information content (AvgIpc) is 2.11. The predicted molar refractivity (Wildman–Crippen MR) is 65.4 cm³/mol. The highest BCUT2D eigenvalue weighted by Gasteiger charge is 2.35. The van der Waals surface area contributed by atoms with Crippen molar-refractivity contribution in [2.45, 2.75) is 32.3 Å². The first-order valence-corrected chi connectivity index (χ1v) is 5.88. The number of nitrogens with zero attached hydrogens (tertiary/aromatic N) is 2. The minimum Gasteiger partial charge on any atom is -0.444 e. The van der Waals surface area contributed by atoms with Crippen molar-refractivity contribution in [1.82, 2.24) is 14.9 Å². The molecule has 1 amide bonds. The largest absolute Gasteiger partial charge is 0.444 e. The maximum absolute atomic E-state index is 11.7. The van der Waals surface area contributed by atoms with E-state index < -0.39 is 5.60 Å². The molecule has 1 aromatic rings. The van der Waals surface area contributed by atoms with Crippen molar-refractivity contribution in [1.29, 1.82) is 0 Å². The van der Waals surface area contributed by atoms with E-state index in [9.17, 15) is 9.59 Å². The predicted octanol–water partition coefficient (Wildman–Crippen LogP) is 1.10. The number of amides is 1. The summed E-state index contributed by atoms with van der Waals surface area (Å²) in [5, 5.41) is 0. The zero-order valence-electron chi connectivity index (χ0n) is 10.8. The van der Waals surface area contributed by atoms with Gasteiger partial charge >= 0.3 is 6.09 Å². The number of ether oxygens (including phenoxy) is 1. The van der Waals surface area contributed by atoms with Crippen LogP contribution in [-0.4, -0.2) is 39.7 Å². The normalized spacial score (nSPS) is 16.3. The molecule has 1 fully saturated rings. The molecule has 1 aromatic heterocycles. The van der Waals surface area contributed by atoms with Crippen molar-refractivity contribution in [2.24, 2.45) is 0 Å². The van der Waals surface area contributed by atoms with E-state index in [1.165, 1.54) is 12.3 Å². The molecule has 98 valence electrons. The summed E-state index contributed by atoms with van der Waals surface area (Å²) in [7, 11) is 0. The lowest BCUT2D eigenvalue weighted by Gasteiger charge is -2.38. The molecule has 0 radical (unpaired) electrons. The first kappa shape index (κ1) is 12.6. The van der Waals surface area contributed by atoms with Gasteiger partial charge in [0.1, 0.15) is 11.4 Å². The molecule has 1 aliphatic rings. The average molecular weight is 251 g/mol. The summed E-state index contributed by atoms with van der Waals surface area (Å²) >= 11 is 0. The first-order valence-electron chi connectivity index (χ1n) is 5.88. The molecule has 0 unspecified atom stereocenters. The van der Waals surface area contributed by atoms with E-state index in [0.717, 1.165) is 0 Å². The molecule has 1 N–H and O–H groups in total. The summed E-state index contributed by atoms with van der Waals surface area (Å²) in [5.74, 6) is 0.716. The Kier molecular flexibility index (Phi) is 3.11. The van der Waals surface area contributed by atoms with Gasteiger partial charge in [0, 0.05) is 25.4 Å². The molecule has 0 atom stereocenters. The number of rotatable bonds is 1. The van der Waals surface area contributed by atoms with Gasteiger partial charge in [-0.2, -0.15) is 0 Å². The van der Waals surface area contributed by atoms with E-state index >= 15 is 0 Å². The molecule has 18 heavy (non-hydrogen) atoms. The number of nitrogens with one attached hydrogen (secondary N) is 1. The minimum absolute atomic E-state index is 0.0893. The Bertz CT molecular complexity index is 498. The Labute approximate surface area is 105 Å². The lowest BCUT2D eigenvalue weighted by atomic mass is 10.00. The fourth-order valence-electron chi connectivity index (χ4n) is 1.72. The molecule has 0 spiro atoms. The molecule has 6 nitrogen and oxygen atoms in total. The number of aromatic amines is 1. The van der Waals surface area contributed by atoms with E-state index in [2.05, 4.69) is 9.97 Å². The summed E-state index contributed by atoms with van der Waals surface area (Å²) in [6.45, 7) is 6.55. The van der Waals surface area contributed by atoms with Crippen molar-refractivity contribution >= 4 is 6.09 Å². The van der Waals surface area contributed by atoms with E-state index in [1.54, 1.807) is 4.90 Å². The molecular formula is C12H17N3O3. The van der Waals surface area contributed by atoms with Crippen molar-refractivity contribution in [3.8, 4) is 0 Å². The van der Waals surface area contributed by atoms with Crippen LogP contribution in [0.5, 0.6) is 0 Å². The van der Waals surface area contributed by atoms with Gasteiger partial charge in [-0.25, -0.2) is 9.78 Å². The number of hydrogen-bond acceptors (Lipinski definition) is 4. The van der Waals surface area contributed by atoms with Crippen LogP contribution in [-0.2, 0) is 4.74 Å².